The van der Waals surface area contributed by atoms with Crippen molar-refractivity contribution in [3.8, 4) is 0 Å². The zero-order chi connectivity index (χ0) is 11.5. The van der Waals surface area contributed by atoms with Gasteiger partial charge in [0.1, 0.15) is 6.10 Å². The molecule has 1 aromatic heterocycles. The van der Waals surface area contributed by atoms with E-state index in [4.69, 9.17) is 4.74 Å². The lowest BCUT2D eigenvalue weighted by Crippen LogP contribution is -2.28. The largest absolute Gasteiger partial charge is 0.373 e. The second-order valence-electron chi connectivity index (χ2n) is 4.30. The first-order valence-corrected chi connectivity index (χ1v) is 5.86. The molecule has 0 N–H and O–H groups in total. The van der Waals surface area contributed by atoms with Crippen molar-refractivity contribution < 1.29 is 9.53 Å². The first kappa shape index (κ1) is 11.3. The Morgan fingerprint density at radius 3 is 3.00 bits per heavy atom. The molecule has 1 fully saturated rings. The molecule has 4 heteroatoms. The minimum atomic E-state index is -0.294. The van der Waals surface area contributed by atoms with Crippen molar-refractivity contribution in [1.82, 2.24) is 9.55 Å². The monoisotopic (exact) mass is 222 g/mol. The molecule has 0 amide bonds. The quantitative estimate of drug-likeness (QED) is 0.690. The van der Waals surface area contributed by atoms with Crippen LogP contribution in [0.25, 0.3) is 0 Å². The summed E-state index contributed by atoms with van der Waals surface area (Å²) >= 11 is 0. The van der Waals surface area contributed by atoms with Crippen LogP contribution in [-0.4, -0.2) is 28.5 Å². The van der Waals surface area contributed by atoms with E-state index in [2.05, 4.69) is 11.9 Å². The molecule has 1 saturated carbocycles. The molecule has 4 nitrogen and oxygen atoms in total. The lowest BCUT2D eigenvalue weighted by atomic mass is 10.1. The van der Waals surface area contributed by atoms with Crippen molar-refractivity contribution in [3.63, 3.8) is 0 Å². The third-order valence-electron chi connectivity index (χ3n) is 2.96. The summed E-state index contributed by atoms with van der Waals surface area (Å²) in [6, 6.07) is 0. The molecule has 0 spiro atoms. The van der Waals surface area contributed by atoms with Gasteiger partial charge in [-0.15, -0.1) is 0 Å². The summed E-state index contributed by atoms with van der Waals surface area (Å²) in [7, 11) is 1.61. The molecule has 1 aromatic rings. The van der Waals surface area contributed by atoms with Gasteiger partial charge in [-0.3, -0.25) is 4.79 Å². The van der Waals surface area contributed by atoms with Gasteiger partial charge in [0.25, 0.3) is 0 Å². The Hall–Kier alpha value is -1.16. The van der Waals surface area contributed by atoms with Gasteiger partial charge in [-0.05, 0) is 25.2 Å². The van der Waals surface area contributed by atoms with Crippen molar-refractivity contribution in [2.45, 2.75) is 38.8 Å². The number of rotatable bonds is 6. The number of ether oxygens (including phenoxy) is 1. The summed E-state index contributed by atoms with van der Waals surface area (Å²) in [5.41, 5.74) is 0. The highest BCUT2D eigenvalue weighted by Crippen LogP contribution is 2.35. The molecule has 1 aliphatic rings. The third kappa shape index (κ3) is 2.16. The van der Waals surface area contributed by atoms with Crippen LogP contribution in [0, 0.1) is 5.92 Å². The molecular formula is C12H18N2O2. The Balaban J connectivity index is 2.15. The first-order valence-electron chi connectivity index (χ1n) is 5.86. The van der Waals surface area contributed by atoms with E-state index < -0.39 is 0 Å². The maximum atomic E-state index is 12.2. The van der Waals surface area contributed by atoms with Crippen molar-refractivity contribution >= 4 is 5.78 Å². The summed E-state index contributed by atoms with van der Waals surface area (Å²) in [6.07, 6.45) is 6.44. The number of ketones is 1. The van der Waals surface area contributed by atoms with Gasteiger partial charge in [0, 0.05) is 26.0 Å². The van der Waals surface area contributed by atoms with Gasteiger partial charge in [-0.1, -0.05) is 6.92 Å². The molecule has 88 valence electrons. The predicted molar refractivity (Wildman–Crippen MR) is 60.4 cm³/mol. The van der Waals surface area contributed by atoms with E-state index in [0.717, 1.165) is 25.8 Å². The van der Waals surface area contributed by atoms with Gasteiger partial charge in [-0.25, -0.2) is 4.98 Å². The number of carbonyl (C=O) groups excluding carboxylic acids is 1. The fraction of sp³-hybridized carbons (Fsp3) is 0.667. The Kier molecular flexibility index (Phi) is 3.39. The Morgan fingerprint density at radius 1 is 1.69 bits per heavy atom. The van der Waals surface area contributed by atoms with Crippen molar-refractivity contribution in [2.24, 2.45) is 5.92 Å². The smallest absolute Gasteiger partial charge is 0.227 e. The normalized spacial score (nSPS) is 17.4. The molecule has 1 aliphatic carbocycles. The predicted octanol–water partition coefficient (Wildman–Crippen LogP) is 1.90. The molecule has 1 atom stereocenters. The Labute approximate surface area is 95.6 Å². The standard InChI is InChI=1S/C12H18N2O2/c1-3-7-14-8-6-13-12(14)10(15)11(16-2)9-4-5-9/h6,8-9,11H,3-5,7H2,1-2H3. The van der Waals surface area contributed by atoms with E-state index in [9.17, 15) is 4.79 Å². The zero-order valence-corrected chi connectivity index (χ0v) is 9.85. The molecule has 0 saturated heterocycles. The fourth-order valence-electron chi connectivity index (χ4n) is 2.00. The van der Waals surface area contributed by atoms with Gasteiger partial charge in [-0.2, -0.15) is 0 Å². The highest BCUT2D eigenvalue weighted by atomic mass is 16.5. The average Bonchev–Trinajstić information content (AvgIpc) is 2.99. The molecule has 2 rings (SSSR count). The summed E-state index contributed by atoms with van der Waals surface area (Å²) in [5, 5.41) is 0. The van der Waals surface area contributed by atoms with Gasteiger partial charge >= 0.3 is 0 Å². The third-order valence-corrected chi connectivity index (χ3v) is 2.96. The maximum absolute atomic E-state index is 12.2. The molecular weight excluding hydrogens is 204 g/mol. The molecule has 1 unspecified atom stereocenters. The number of carbonyl (C=O) groups is 1. The van der Waals surface area contributed by atoms with Gasteiger partial charge < -0.3 is 9.30 Å². The second-order valence-corrected chi connectivity index (χ2v) is 4.30. The van der Waals surface area contributed by atoms with E-state index in [1.807, 2.05) is 10.8 Å². The number of Topliss-reactive ketones (excluding diaryl/α,β-unsaturated/α-hetero) is 1. The summed E-state index contributed by atoms with van der Waals surface area (Å²) in [4.78, 5) is 16.4. The van der Waals surface area contributed by atoms with Gasteiger partial charge in [0.2, 0.25) is 5.78 Å². The van der Waals surface area contributed by atoms with Crippen LogP contribution < -0.4 is 0 Å². The molecule has 16 heavy (non-hydrogen) atoms. The summed E-state index contributed by atoms with van der Waals surface area (Å²) in [6.45, 7) is 2.92. The van der Waals surface area contributed by atoms with E-state index in [1.165, 1.54) is 0 Å². The number of hydrogen-bond donors (Lipinski definition) is 0. The fourth-order valence-corrected chi connectivity index (χ4v) is 2.00. The molecule has 1 heterocycles. The highest BCUT2D eigenvalue weighted by molar-refractivity contribution is 5.97. The van der Waals surface area contributed by atoms with Crippen LogP contribution in [0.15, 0.2) is 12.4 Å². The molecule has 0 bridgehead atoms. The van der Waals surface area contributed by atoms with E-state index in [0.29, 0.717) is 11.7 Å². The van der Waals surface area contributed by atoms with Crippen LogP contribution in [-0.2, 0) is 11.3 Å². The SMILES string of the molecule is CCCn1ccnc1C(=O)C(OC)C1CC1. The van der Waals surface area contributed by atoms with Crippen LogP contribution in [0.4, 0.5) is 0 Å². The Bertz CT molecular complexity index is 369. The van der Waals surface area contributed by atoms with Crippen LogP contribution in [0.2, 0.25) is 0 Å². The molecule has 0 aromatic carbocycles. The molecule has 0 aliphatic heterocycles. The number of nitrogens with zero attached hydrogens (tertiary/aromatic N) is 2. The minimum Gasteiger partial charge on any atom is -0.373 e. The topological polar surface area (TPSA) is 44.1 Å². The second kappa shape index (κ2) is 4.78. The van der Waals surface area contributed by atoms with Crippen molar-refractivity contribution in [3.05, 3.63) is 18.2 Å². The highest BCUT2D eigenvalue weighted by Gasteiger charge is 2.38. The number of aryl methyl sites for hydroxylation is 1. The summed E-state index contributed by atoms with van der Waals surface area (Å²) < 4.78 is 7.20. The number of imidazole rings is 1. The van der Waals surface area contributed by atoms with Gasteiger partial charge in [0.15, 0.2) is 5.82 Å². The van der Waals surface area contributed by atoms with Crippen molar-refractivity contribution in [1.29, 1.82) is 0 Å². The van der Waals surface area contributed by atoms with Crippen LogP contribution in [0.5, 0.6) is 0 Å². The zero-order valence-electron chi connectivity index (χ0n) is 9.85. The first-order chi connectivity index (χ1) is 7.77. The lowest BCUT2D eigenvalue weighted by molar-refractivity contribution is 0.0525. The van der Waals surface area contributed by atoms with Crippen LogP contribution >= 0.6 is 0 Å². The van der Waals surface area contributed by atoms with Crippen LogP contribution in [0.1, 0.15) is 36.8 Å². The van der Waals surface area contributed by atoms with Crippen molar-refractivity contribution in [2.75, 3.05) is 7.11 Å². The number of methoxy groups -OCH3 is 1. The Morgan fingerprint density at radius 2 is 2.44 bits per heavy atom. The maximum Gasteiger partial charge on any atom is 0.227 e. The number of hydrogen-bond acceptors (Lipinski definition) is 3. The van der Waals surface area contributed by atoms with E-state index in [-0.39, 0.29) is 11.9 Å². The van der Waals surface area contributed by atoms with E-state index in [1.54, 1.807) is 13.3 Å². The average molecular weight is 222 g/mol. The van der Waals surface area contributed by atoms with Gasteiger partial charge in [0.05, 0.1) is 0 Å². The molecule has 0 radical (unpaired) electrons. The number of aromatic nitrogens is 2. The lowest BCUT2D eigenvalue weighted by Gasteiger charge is -2.13. The minimum absolute atomic E-state index is 0.0310. The van der Waals surface area contributed by atoms with Crippen LogP contribution in [0.3, 0.4) is 0 Å². The van der Waals surface area contributed by atoms with E-state index >= 15 is 0 Å². The summed E-state index contributed by atoms with van der Waals surface area (Å²) in [5.74, 6) is 0.980.